The fourth-order valence-electron chi connectivity index (χ4n) is 2.20. The van der Waals surface area contributed by atoms with Crippen molar-refractivity contribution in [3.05, 3.63) is 33.8 Å². The van der Waals surface area contributed by atoms with Crippen LogP contribution in [0.3, 0.4) is 0 Å². The van der Waals surface area contributed by atoms with Crippen LogP contribution >= 0.6 is 15.9 Å². The Bertz CT molecular complexity index is 395. The van der Waals surface area contributed by atoms with Gasteiger partial charge in [0.15, 0.2) is 5.78 Å². The summed E-state index contributed by atoms with van der Waals surface area (Å²) in [5, 5.41) is 0. The average molecular weight is 283 g/mol. The minimum atomic E-state index is 0.141. The van der Waals surface area contributed by atoms with Crippen molar-refractivity contribution in [2.75, 3.05) is 13.2 Å². The van der Waals surface area contributed by atoms with Crippen molar-refractivity contribution >= 4 is 21.7 Å². The Balaban J connectivity index is 2.34. The molecule has 0 bridgehead atoms. The fourth-order valence-corrected chi connectivity index (χ4v) is 2.56. The summed E-state index contributed by atoms with van der Waals surface area (Å²) in [7, 11) is 0. The third-order valence-electron chi connectivity index (χ3n) is 3.06. The SMILES string of the molecule is CC(=O)c1cc(Br)ccc1C1CCOCC1. The zero-order valence-electron chi connectivity index (χ0n) is 9.33. The Hall–Kier alpha value is -0.670. The van der Waals surface area contributed by atoms with E-state index in [4.69, 9.17) is 4.74 Å². The number of ether oxygens (including phenoxy) is 1. The van der Waals surface area contributed by atoms with Crippen molar-refractivity contribution in [1.29, 1.82) is 0 Å². The van der Waals surface area contributed by atoms with E-state index in [1.54, 1.807) is 6.92 Å². The van der Waals surface area contributed by atoms with Gasteiger partial charge in [0.25, 0.3) is 0 Å². The Morgan fingerprint density at radius 1 is 1.38 bits per heavy atom. The Kier molecular flexibility index (Phi) is 3.77. The van der Waals surface area contributed by atoms with Crippen molar-refractivity contribution in [3.63, 3.8) is 0 Å². The third kappa shape index (κ3) is 2.53. The number of rotatable bonds is 2. The highest BCUT2D eigenvalue weighted by atomic mass is 79.9. The second-order valence-electron chi connectivity index (χ2n) is 4.17. The van der Waals surface area contributed by atoms with Crippen LogP contribution in [-0.2, 0) is 4.74 Å². The molecule has 1 aromatic carbocycles. The molecule has 0 spiro atoms. The van der Waals surface area contributed by atoms with Crippen LogP contribution in [-0.4, -0.2) is 19.0 Å². The third-order valence-corrected chi connectivity index (χ3v) is 3.55. The zero-order chi connectivity index (χ0) is 11.5. The van der Waals surface area contributed by atoms with Gasteiger partial charge in [0.05, 0.1) is 0 Å². The van der Waals surface area contributed by atoms with E-state index in [1.165, 1.54) is 5.56 Å². The molecule has 86 valence electrons. The molecule has 1 heterocycles. The summed E-state index contributed by atoms with van der Waals surface area (Å²) in [6.45, 7) is 3.24. The van der Waals surface area contributed by atoms with E-state index < -0.39 is 0 Å². The normalized spacial score (nSPS) is 17.4. The number of Topliss-reactive ketones (excluding diaryl/α,β-unsaturated/α-hetero) is 1. The fraction of sp³-hybridized carbons (Fsp3) is 0.462. The van der Waals surface area contributed by atoms with E-state index in [0.29, 0.717) is 5.92 Å². The number of halogens is 1. The number of hydrogen-bond acceptors (Lipinski definition) is 2. The number of benzene rings is 1. The second-order valence-corrected chi connectivity index (χ2v) is 5.09. The molecule has 1 fully saturated rings. The smallest absolute Gasteiger partial charge is 0.160 e. The van der Waals surface area contributed by atoms with Gasteiger partial charge in [0.2, 0.25) is 0 Å². The van der Waals surface area contributed by atoms with E-state index >= 15 is 0 Å². The van der Waals surface area contributed by atoms with Crippen molar-refractivity contribution < 1.29 is 9.53 Å². The topological polar surface area (TPSA) is 26.3 Å². The van der Waals surface area contributed by atoms with Gasteiger partial charge in [-0.1, -0.05) is 22.0 Å². The Labute approximate surface area is 104 Å². The molecular weight excluding hydrogens is 268 g/mol. The van der Waals surface area contributed by atoms with Crippen molar-refractivity contribution in [2.45, 2.75) is 25.7 Å². The first-order valence-corrected chi connectivity index (χ1v) is 6.36. The first-order valence-electron chi connectivity index (χ1n) is 5.56. The van der Waals surface area contributed by atoms with Gasteiger partial charge in [-0.15, -0.1) is 0 Å². The largest absolute Gasteiger partial charge is 0.381 e. The molecule has 16 heavy (non-hydrogen) atoms. The number of hydrogen-bond donors (Lipinski definition) is 0. The molecule has 0 aromatic heterocycles. The minimum Gasteiger partial charge on any atom is -0.381 e. The van der Waals surface area contributed by atoms with Crippen molar-refractivity contribution in [2.24, 2.45) is 0 Å². The lowest BCUT2D eigenvalue weighted by Gasteiger charge is -2.24. The highest BCUT2D eigenvalue weighted by Crippen LogP contribution is 2.31. The molecule has 0 unspecified atom stereocenters. The van der Waals surface area contributed by atoms with Crippen LogP contribution in [0.1, 0.15) is 41.6 Å². The predicted molar refractivity (Wildman–Crippen MR) is 66.9 cm³/mol. The molecule has 2 rings (SSSR count). The lowest BCUT2D eigenvalue weighted by atomic mass is 9.87. The molecule has 1 aliphatic rings. The van der Waals surface area contributed by atoms with E-state index in [-0.39, 0.29) is 5.78 Å². The minimum absolute atomic E-state index is 0.141. The first kappa shape index (κ1) is 11.8. The summed E-state index contributed by atoms with van der Waals surface area (Å²) in [5.41, 5.74) is 2.03. The van der Waals surface area contributed by atoms with Crippen LogP contribution in [0.15, 0.2) is 22.7 Å². The maximum atomic E-state index is 11.6. The van der Waals surface area contributed by atoms with Gasteiger partial charge in [-0.3, -0.25) is 4.79 Å². The molecule has 0 aliphatic carbocycles. The van der Waals surface area contributed by atoms with Gasteiger partial charge >= 0.3 is 0 Å². The number of carbonyl (C=O) groups is 1. The van der Waals surface area contributed by atoms with E-state index in [9.17, 15) is 4.79 Å². The summed E-state index contributed by atoms with van der Waals surface area (Å²) in [5.74, 6) is 0.614. The van der Waals surface area contributed by atoms with Gasteiger partial charge in [-0.05, 0) is 43.4 Å². The second kappa shape index (κ2) is 5.11. The maximum absolute atomic E-state index is 11.6. The molecular formula is C13H15BrO2. The molecule has 0 amide bonds. The molecule has 0 N–H and O–H groups in total. The van der Waals surface area contributed by atoms with E-state index in [1.807, 2.05) is 12.1 Å². The molecule has 3 heteroatoms. The Morgan fingerprint density at radius 2 is 2.06 bits per heavy atom. The summed E-state index contributed by atoms with van der Waals surface area (Å²) < 4.78 is 6.32. The monoisotopic (exact) mass is 282 g/mol. The van der Waals surface area contributed by atoms with Crippen LogP contribution in [0, 0.1) is 0 Å². The molecule has 0 radical (unpaired) electrons. The summed E-state index contributed by atoms with van der Waals surface area (Å²) in [4.78, 5) is 11.6. The van der Waals surface area contributed by atoms with Gasteiger partial charge < -0.3 is 4.74 Å². The van der Waals surface area contributed by atoms with Crippen molar-refractivity contribution in [3.8, 4) is 0 Å². The van der Waals surface area contributed by atoms with Crippen molar-refractivity contribution in [1.82, 2.24) is 0 Å². The lowest BCUT2D eigenvalue weighted by Crippen LogP contribution is -2.16. The van der Waals surface area contributed by atoms with Crippen LogP contribution < -0.4 is 0 Å². The molecule has 0 atom stereocenters. The Morgan fingerprint density at radius 3 is 2.69 bits per heavy atom. The maximum Gasteiger partial charge on any atom is 0.160 e. The summed E-state index contributed by atoms with van der Waals surface area (Å²) in [6.07, 6.45) is 2.03. The summed E-state index contributed by atoms with van der Waals surface area (Å²) in [6, 6.07) is 6.00. The van der Waals surface area contributed by atoms with Crippen LogP contribution in [0.25, 0.3) is 0 Å². The first-order chi connectivity index (χ1) is 7.68. The highest BCUT2D eigenvalue weighted by molar-refractivity contribution is 9.10. The zero-order valence-corrected chi connectivity index (χ0v) is 10.9. The van der Waals surface area contributed by atoms with Crippen LogP contribution in [0.2, 0.25) is 0 Å². The molecule has 0 saturated carbocycles. The number of ketones is 1. The average Bonchev–Trinajstić information content (AvgIpc) is 2.30. The lowest BCUT2D eigenvalue weighted by molar-refractivity contribution is 0.0845. The summed E-state index contributed by atoms with van der Waals surface area (Å²) >= 11 is 3.41. The van der Waals surface area contributed by atoms with Crippen LogP contribution in [0.4, 0.5) is 0 Å². The van der Waals surface area contributed by atoms with Crippen LogP contribution in [0.5, 0.6) is 0 Å². The predicted octanol–water partition coefficient (Wildman–Crippen LogP) is 3.55. The molecule has 1 aliphatic heterocycles. The standard InChI is InChI=1S/C13H15BrO2/c1-9(15)13-8-11(14)2-3-12(13)10-4-6-16-7-5-10/h2-3,8,10H,4-7H2,1H3. The quantitative estimate of drug-likeness (QED) is 0.776. The van der Waals surface area contributed by atoms with Gasteiger partial charge in [0.1, 0.15) is 0 Å². The molecule has 1 saturated heterocycles. The van der Waals surface area contributed by atoms with Gasteiger partial charge in [-0.25, -0.2) is 0 Å². The molecule has 1 aromatic rings. The van der Waals surface area contributed by atoms with Gasteiger partial charge in [0, 0.05) is 23.2 Å². The van der Waals surface area contributed by atoms with E-state index in [2.05, 4.69) is 22.0 Å². The number of carbonyl (C=O) groups excluding carboxylic acids is 1. The highest BCUT2D eigenvalue weighted by Gasteiger charge is 2.20. The van der Waals surface area contributed by atoms with E-state index in [0.717, 1.165) is 36.1 Å². The molecule has 2 nitrogen and oxygen atoms in total. The van der Waals surface area contributed by atoms with Gasteiger partial charge in [-0.2, -0.15) is 0 Å².